The Bertz CT molecular complexity index is 238. The summed E-state index contributed by atoms with van der Waals surface area (Å²) >= 11 is 4.59. The van der Waals surface area contributed by atoms with E-state index in [-0.39, 0.29) is 0 Å². The number of likely N-dealkylation sites (N-methyl/N-ethyl adjacent to an activating group) is 1. The number of likely N-dealkylation sites (tertiary alicyclic amines) is 1. The van der Waals surface area contributed by atoms with Gasteiger partial charge in [-0.25, -0.2) is 0 Å². The van der Waals surface area contributed by atoms with E-state index in [0.717, 1.165) is 19.0 Å². The van der Waals surface area contributed by atoms with Crippen LogP contribution in [0.1, 0.15) is 25.7 Å². The zero-order valence-corrected chi connectivity index (χ0v) is 12.6. The van der Waals surface area contributed by atoms with Crippen molar-refractivity contribution in [2.75, 3.05) is 58.7 Å². The van der Waals surface area contributed by atoms with Crippen LogP contribution in [0.4, 0.5) is 0 Å². The van der Waals surface area contributed by atoms with Gasteiger partial charge in [0, 0.05) is 32.8 Å². The molecule has 0 atom stereocenters. The topological polar surface area (TPSA) is 15.7 Å². The van der Waals surface area contributed by atoms with E-state index in [1.165, 1.54) is 58.4 Å². The zero-order valence-electron chi connectivity index (χ0n) is 11.7. The number of hydrogen-bond donors (Lipinski definition) is 1. The van der Waals surface area contributed by atoms with Crippen LogP contribution < -0.4 is 0 Å². The van der Waals surface area contributed by atoms with E-state index in [1.54, 1.807) is 0 Å². The van der Waals surface area contributed by atoms with Crippen molar-refractivity contribution in [2.45, 2.75) is 25.7 Å². The van der Waals surface area contributed by atoms with E-state index in [2.05, 4.69) is 29.5 Å². The average molecular weight is 272 g/mol. The van der Waals surface area contributed by atoms with E-state index in [1.807, 2.05) is 0 Å². The molecule has 3 nitrogen and oxygen atoms in total. The number of thiol groups is 1. The SMILES string of the molecule is CN(CCN1CCCC1)CC1(CS)CCOCC1. The summed E-state index contributed by atoms with van der Waals surface area (Å²) in [5, 5.41) is 0. The molecule has 0 spiro atoms. The second-order valence-corrected chi connectivity index (χ2v) is 6.37. The highest BCUT2D eigenvalue weighted by Crippen LogP contribution is 2.32. The molecule has 0 amide bonds. The summed E-state index contributed by atoms with van der Waals surface area (Å²) in [5.41, 5.74) is 0.390. The fraction of sp³-hybridized carbons (Fsp3) is 1.00. The number of rotatable bonds is 6. The van der Waals surface area contributed by atoms with Crippen molar-refractivity contribution in [1.82, 2.24) is 9.80 Å². The van der Waals surface area contributed by atoms with Gasteiger partial charge in [-0.15, -0.1) is 0 Å². The van der Waals surface area contributed by atoms with Gasteiger partial charge in [0.05, 0.1) is 0 Å². The van der Waals surface area contributed by atoms with Gasteiger partial charge in [-0.2, -0.15) is 12.6 Å². The third kappa shape index (κ3) is 4.12. The molecule has 4 heteroatoms. The van der Waals surface area contributed by atoms with Crippen LogP contribution in [0.3, 0.4) is 0 Å². The molecule has 0 bridgehead atoms. The monoisotopic (exact) mass is 272 g/mol. The van der Waals surface area contributed by atoms with Crippen molar-refractivity contribution in [3.63, 3.8) is 0 Å². The lowest BCUT2D eigenvalue weighted by Gasteiger charge is -2.39. The van der Waals surface area contributed by atoms with Gasteiger partial charge in [0.1, 0.15) is 0 Å². The Balaban J connectivity index is 1.72. The molecule has 0 N–H and O–H groups in total. The summed E-state index contributed by atoms with van der Waals surface area (Å²) in [6, 6.07) is 0. The molecule has 0 aromatic rings. The van der Waals surface area contributed by atoms with Gasteiger partial charge in [-0.3, -0.25) is 0 Å². The molecule has 2 aliphatic rings. The normalized spacial score (nSPS) is 24.8. The van der Waals surface area contributed by atoms with Gasteiger partial charge in [-0.05, 0) is 57.0 Å². The molecule has 0 radical (unpaired) electrons. The summed E-state index contributed by atoms with van der Waals surface area (Å²) in [7, 11) is 2.26. The summed E-state index contributed by atoms with van der Waals surface area (Å²) in [6.45, 7) is 8.04. The van der Waals surface area contributed by atoms with Gasteiger partial charge < -0.3 is 14.5 Å². The third-order valence-electron chi connectivity index (χ3n) is 4.49. The highest BCUT2D eigenvalue weighted by Gasteiger charge is 2.32. The number of ether oxygens (including phenoxy) is 1. The lowest BCUT2D eigenvalue weighted by Crippen LogP contribution is -2.43. The second kappa shape index (κ2) is 7.13. The van der Waals surface area contributed by atoms with Crippen LogP contribution in [-0.4, -0.2) is 68.5 Å². The fourth-order valence-corrected chi connectivity index (χ4v) is 3.56. The molecular formula is C14H28N2OS. The van der Waals surface area contributed by atoms with Crippen molar-refractivity contribution in [3.05, 3.63) is 0 Å². The van der Waals surface area contributed by atoms with Gasteiger partial charge in [0.2, 0.25) is 0 Å². The first-order valence-electron chi connectivity index (χ1n) is 7.34. The van der Waals surface area contributed by atoms with Crippen LogP contribution >= 0.6 is 12.6 Å². The van der Waals surface area contributed by atoms with Crippen molar-refractivity contribution in [2.24, 2.45) is 5.41 Å². The maximum absolute atomic E-state index is 5.49. The first-order valence-corrected chi connectivity index (χ1v) is 7.97. The van der Waals surface area contributed by atoms with Gasteiger partial charge in [-0.1, -0.05) is 0 Å². The molecule has 2 rings (SSSR count). The van der Waals surface area contributed by atoms with Crippen molar-refractivity contribution in [3.8, 4) is 0 Å². The molecule has 0 aromatic heterocycles. The molecule has 0 saturated carbocycles. The second-order valence-electron chi connectivity index (χ2n) is 6.06. The number of hydrogen-bond acceptors (Lipinski definition) is 4. The maximum Gasteiger partial charge on any atom is 0.0472 e. The van der Waals surface area contributed by atoms with Crippen LogP contribution in [0, 0.1) is 5.41 Å². The Kier molecular flexibility index (Phi) is 5.80. The van der Waals surface area contributed by atoms with E-state index in [0.29, 0.717) is 5.41 Å². The Morgan fingerprint density at radius 2 is 1.89 bits per heavy atom. The standard InChI is InChI=1S/C14H28N2OS/c1-15(8-9-16-6-2-3-7-16)12-14(13-18)4-10-17-11-5-14/h18H,2-13H2,1H3. The van der Waals surface area contributed by atoms with Gasteiger partial charge >= 0.3 is 0 Å². The predicted molar refractivity (Wildman–Crippen MR) is 79.5 cm³/mol. The third-order valence-corrected chi connectivity index (χ3v) is 5.16. The highest BCUT2D eigenvalue weighted by atomic mass is 32.1. The number of nitrogens with zero attached hydrogens (tertiary/aromatic N) is 2. The summed E-state index contributed by atoms with van der Waals surface area (Å²) in [4.78, 5) is 5.09. The molecule has 2 heterocycles. The molecule has 18 heavy (non-hydrogen) atoms. The molecule has 0 aliphatic carbocycles. The molecule has 0 aromatic carbocycles. The van der Waals surface area contributed by atoms with Crippen LogP contribution in [-0.2, 0) is 4.74 Å². The Morgan fingerprint density at radius 1 is 1.22 bits per heavy atom. The van der Waals surface area contributed by atoms with Crippen molar-refractivity contribution < 1.29 is 4.74 Å². The van der Waals surface area contributed by atoms with Crippen LogP contribution in [0.2, 0.25) is 0 Å². The highest BCUT2D eigenvalue weighted by molar-refractivity contribution is 7.80. The van der Waals surface area contributed by atoms with E-state index in [9.17, 15) is 0 Å². The molecule has 2 fully saturated rings. The minimum absolute atomic E-state index is 0.390. The Labute approximate surface area is 117 Å². The summed E-state index contributed by atoms with van der Waals surface area (Å²) < 4.78 is 5.49. The smallest absolute Gasteiger partial charge is 0.0472 e. The van der Waals surface area contributed by atoms with E-state index < -0.39 is 0 Å². The Morgan fingerprint density at radius 3 is 2.50 bits per heavy atom. The predicted octanol–water partition coefficient (Wildman–Crippen LogP) is 1.74. The van der Waals surface area contributed by atoms with E-state index >= 15 is 0 Å². The van der Waals surface area contributed by atoms with Crippen LogP contribution in [0.25, 0.3) is 0 Å². The zero-order chi connectivity index (χ0) is 12.8. The average Bonchev–Trinajstić information content (AvgIpc) is 2.91. The van der Waals surface area contributed by atoms with Crippen molar-refractivity contribution in [1.29, 1.82) is 0 Å². The minimum atomic E-state index is 0.390. The molecule has 2 aliphatic heterocycles. The lowest BCUT2D eigenvalue weighted by molar-refractivity contribution is 0.0108. The van der Waals surface area contributed by atoms with Crippen LogP contribution in [0.5, 0.6) is 0 Å². The van der Waals surface area contributed by atoms with Gasteiger partial charge in [0.25, 0.3) is 0 Å². The molecular weight excluding hydrogens is 244 g/mol. The molecule has 0 unspecified atom stereocenters. The first-order chi connectivity index (χ1) is 8.74. The Hall–Kier alpha value is 0.230. The fourth-order valence-electron chi connectivity index (χ4n) is 3.14. The minimum Gasteiger partial charge on any atom is -0.381 e. The summed E-state index contributed by atoms with van der Waals surface area (Å²) in [5.74, 6) is 0.990. The molecule has 106 valence electrons. The first kappa shape index (κ1) is 14.6. The van der Waals surface area contributed by atoms with Crippen LogP contribution in [0.15, 0.2) is 0 Å². The van der Waals surface area contributed by atoms with Crippen molar-refractivity contribution >= 4 is 12.6 Å². The van der Waals surface area contributed by atoms with Gasteiger partial charge in [0.15, 0.2) is 0 Å². The summed E-state index contributed by atoms with van der Waals surface area (Å²) in [6.07, 6.45) is 5.12. The maximum atomic E-state index is 5.49. The largest absolute Gasteiger partial charge is 0.381 e. The lowest BCUT2D eigenvalue weighted by atomic mass is 9.81. The quantitative estimate of drug-likeness (QED) is 0.742. The van der Waals surface area contributed by atoms with E-state index in [4.69, 9.17) is 4.74 Å². The molecule has 2 saturated heterocycles.